The van der Waals surface area contributed by atoms with Crippen molar-refractivity contribution in [1.82, 2.24) is 4.72 Å². The van der Waals surface area contributed by atoms with Crippen LogP contribution in [0.4, 0.5) is 0 Å². The van der Waals surface area contributed by atoms with Crippen molar-refractivity contribution in [3.63, 3.8) is 0 Å². The summed E-state index contributed by atoms with van der Waals surface area (Å²) in [5, 5.41) is 0. The zero-order chi connectivity index (χ0) is 16.2. The van der Waals surface area contributed by atoms with Crippen molar-refractivity contribution in [2.75, 3.05) is 13.2 Å². The van der Waals surface area contributed by atoms with Gasteiger partial charge >= 0.3 is 0 Å². The van der Waals surface area contributed by atoms with Gasteiger partial charge in [-0.25, -0.2) is 13.1 Å². The molecule has 1 aliphatic heterocycles. The van der Waals surface area contributed by atoms with Gasteiger partial charge < -0.3 is 9.47 Å². The summed E-state index contributed by atoms with van der Waals surface area (Å²) in [5.74, 6) is -0.681. The Kier molecular flexibility index (Phi) is 5.55. The maximum Gasteiger partial charge on any atom is 0.264 e. The predicted molar refractivity (Wildman–Crippen MR) is 80.9 cm³/mol. The fourth-order valence-corrected chi connectivity index (χ4v) is 3.31. The molecule has 0 aliphatic carbocycles. The first-order chi connectivity index (χ1) is 10.4. The highest BCUT2D eigenvalue weighted by molar-refractivity contribution is 7.90. The zero-order valence-electron chi connectivity index (χ0n) is 12.7. The monoisotopic (exact) mass is 327 g/mol. The average molecular weight is 327 g/mol. The van der Waals surface area contributed by atoms with E-state index in [2.05, 4.69) is 0 Å². The molecule has 1 amide bonds. The van der Waals surface area contributed by atoms with Crippen molar-refractivity contribution < 1.29 is 22.7 Å². The van der Waals surface area contributed by atoms with Gasteiger partial charge in [0.1, 0.15) is 6.10 Å². The highest BCUT2D eigenvalue weighted by Crippen LogP contribution is 2.14. The molecule has 0 aromatic heterocycles. The third-order valence-electron chi connectivity index (χ3n) is 3.46. The molecule has 1 aromatic rings. The number of nitrogens with one attached hydrogen (secondary N) is 1. The van der Waals surface area contributed by atoms with E-state index in [4.69, 9.17) is 9.47 Å². The predicted octanol–water partition coefficient (Wildman–Crippen LogP) is 1.38. The summed E-state index contributed by atoms with van der Waals surface area (Å²) in [6, 6.07) is 6.37. The first kappa shape index (κ1) is 16.9. The summed E-state index contributed by atoms with van der Waals surface area (Å²) in [7, 11) is -3.88. The van der Waals surface area contributed by atoms with Crippen LogP contribution in [0.25, 0.3) is 0 Å². The van der Waals surface area contributed by atoms with Crippen LogP contribution in [0.2, 0.25) is 0 Å². The molecule has 1 saturated heterocycles. The van der Waals surface area contributed by atoms with Crippen LogP contribution < -0.4 is 4.72 Å². The number of ether oxygens (including phenoxy) is 2. The second-order valence-corrected chi connectivity index (χ2v) is 7.08. The van der Waals surface area contributed by atoms with Gasteiger partial charge in [-0.05, 0) is 44.4 Å². The summed E-state index contributed by atoms with van der Waals surface area (Å²) >= 11 is 0. The van der Waals surface area contributed by atoms with E-state index in [0.29, 0.717) is 13.2 Å². The molecule has 0 unspecified atom stereocenters. The quantitative estimate of drug-likeness (QED) is 0.854. The van der Waals surface area contributed by atoms with E-state index < -0.39 is 22.0 Å². The molecule has 1 heterocycles. The van der Waals surface area contributed by atoms with Crippen LogP contribution in [0.5, 0.6) is 0 Å². The summed E-state index contributed by atoms with van der Waals surface area (Å²) in [6.07, 6.45) is 1.01. The fourth-order valence-electron chi connectivity index (χ4n) is 2.16. The number of carbonyl (C=O) groups is 1. The van der Waals surface area contributed by atoms with Crippen LogP contribution in [0.3, 0.4) is 0 Å². The minimum absolute atomic E-state index is 0.0105. The van der Waals surface area contributed by atoms with Crippen molar-refractivity contribution in [2.45, 2.75) is 43.8 Å². The molecule has 1 N–H and O–H groups in total. The highest BCUT2D eigenvalue weighted by atomic mass is 32.2. The SMILES string of the molecule is Cc1cccc(S(=O)(=O)NC(=O)[C@H](C)OC[C@@H]2CCCO2)c1. The van der Waals surface area contributed by atoms with Crippen LogP contribution >= 0.6 is 0 Å². The molecule has 0 spiro atoms. The van der Waals surface area contributed by atoms with E-state index in [1.807, 2.05) is 4.72 Å². The van der Waals surface area contributed by atoms with Gasteiger partial charge in [-0.15, -0.1) is 0 Å². The molecule has 1 fully saturated rings. The lowest BCUT2D eigenvalue weighted by Gasteiger charge is -2.16. The molecule has 2 atom stereocenters. The van der Waals surface area contributed by atoms with Crippen LogP contribution in [-0.2, 0) is 24.3 Å². The van der Waals surface area contributed by atoms with Gasteiger partial charge in [-0.2, -0.15) is 0 Å². The van der Waals surface area contributed by atoms with Gasteiger partial charge in [-0.1, -0.05) is 12.1 Å². The molecule has 6 nitrogen and oxygen atoms in total. The number of amides is 1. The van der Waals surface area contributed by atoms with Crippen LogP contribution in [0, 0.1) is 6.92 Å². The number of aryl methyl sites for hydroxylation is 1. The molecule has 2 rings (SSSR count). The lowest BCUT2D eigenvalue weighted by atomic mass is 10.2. The smallest absolute Gasteiger partial charge is 0.264 e. The van der Waals surface area contributed by atoms with Crippen LogP contribution in [0.1, 0.15) is 25.3 Å². The highest BCUT2D eigenvalue weighted by Gasteiger charge is 2.24. The first-order valence-corrected chi connectivity index (χ1v) is 8.73. The molecule has 7 heteroatoms. The minimum Gasteiger partial charge on any atom is -0.376 e. The Labute approximate surface area is 130 Å². The largest absolute Gasteiger partial charge is 0.376 e. The van der Waals surface area contributed by atoms with Gasteiger partial charge in [0.05, 0.1) is 17.6 Å². The first-order valence-electron chi connectivity index (χ1n) is 7.25. The summed E-state index contributed by atoms with van der Waals surface area (Å²) in [6.45, 7) is 4.31. The van der Waals surface area contributed by atoms with E-state index >= 15 is 0 Å². The molecular formula is C15H21NO5S. The van der Waals surface area contributed by atoms with Gasteiger partial charge in [-0.3, -0.25) is 4.79 Å². The number of benzene rings is 1. The number of sulfonamides is 1. The van der Waals surface area contributed by atoms with E-state index in [1.54, 1.807) is 19.1 Å². The van der Waals surface area contributed by atoms with E-state index in [0.717, 1.165) is 18.4 Å². The molecular weight excluding hydrogens is 306 g/mol. The maximum atomic E-state index is 12.1. The Morgan fingerprint density at radius 3 is 2.91 bits per heavy atom. The molecule has 1 aromatic carbocycles. The van der Waals surface area contributed by atoms with Gasteiger partial charge in [0.2, 0.25) is 0 Å². The molecule has 0 radical (unpaired) electrons. The summed E-state index contributed by atoms with van der Waals surface area (Å²) < 4.78 is 37.1. The van der Waals surface area contributed by atoms with Gasteiger partial charge in [0, 0.05) is 6.61 Å². The van der Waals surface area contributed by atoms with Crippen molar-refractivity contribution >= 4 is 15.9 Å². The number of hydrogen-bond donors (Lipinski definition) is 1. The summed E-state index contributed by atoms with van der Waals surface area (Å²) in [5.41, 5.74) is 0.804. The second-order valence-electron chi connectivity index (χ2n) is 5.40. The Hall–Kier alpha value is -1.44. The molecule has 0 saturated carbocycles. The molecule has 122 valence electrons. The maximum absolute atomic E-state index is 12.1. The van der Waals surface area contributed by atoms with E-state index in [-0.39, 0.29) is 11.0 Å². The fraction of sp³-hybridized carbons (Fsp3) is 0.533. The number of hydrogen-bond acceptors (Lipinski definition) is 5. The van der Waals surface area contributed by atoms with Crippen molar-refractivity contribution in [2.24, 2.45) is 0 Å². The summed E-state index contributed by atoms with van der Waals surface area (Å²) in [4.78, 5) is 12.0. The van der Waals surface area contributed by atoms with Gasteiger partial charge in [0.15, 0.2) is 0 Å². The van der Waals surface area contributed by atoms with Crippen molar-refractivity contribution in [3.05, 3.63) is 29.8 Å². The number of rotatable bonds is 6. The minimum atomic E-state index is -3.88. The van der Waals surface area contributed by atoms with Crippen LogP contribution in [0.15, 0.2) is 29.2 Å². The van der Waals surface area contributed by atoms with Crippen molar-refractivity contribution in [3.8, 4) is 0 Å². The molecule has 0 bridgehead atoms. The topological polar surface area (TPSA) is 81.7 Å². The third kappa shape index (κ3) is 4.53. The van der Waals surface area contributed by atoms with E-state index in [9.17, 15) is 13.2 Å². The lowest BCUT2D eigenvalue weighted by molar-refractivity contribution is -0.131. The Balaban J connectivity index is 1.92. The zero-order valence-corrected chi connectivity index (χ0v) is 13.6. The normalized spacial score (nSPS) is 19.8. The lowest BCUT2D eigenvalue weighted by Crippen LogP contribution is -2.39. The van der Waals surface area contributed by atoms with Crippen LogP contribution in [-0.4, -0.2) is 39.7 Å². The Bertz CT molecular complexity index is 623. The van der Waals surface area contributed by atoms with Crippen molar-refractivity contribution in [1.29, 1.82) is 0 Å². The Morgan fingerprint density at radius 1 is 1.50 bits per heavy atom. The number of carbonyl (C=O) groups excluding carboxylic acids is 1. The average Bonchev–Trinajstić information content (AvgIpc) is 2.97. The molecule has 1 aliphatic rings. The standard InChI is InChI=1S/C15H21NO5S/c1-11-5-3-7-14(9-11)22(18,19)16-15(17)12(2)21-10-13-6-4-8-20-13/h3,5,7,9,12-13H,4,6,8,10H2,1-2H3,(H,16,17)/t12-,13-/m0/s1. The second kappa shape index (κ2) is 7.21. The van der Waals surface area contributed by atoms with Gasteiger partial charge in [0.25, 0.3) is 15.9 Å². The molecule has 22 heavy (non-hydrogen) atoms. The Morgan fingerprint density at radius 2 is 2.27 bits per heavy atom. The third-order valence-corrected chi connectivity index (χ3v) is 4.80. The van der Waals surface area contributed by atoms with E-state index in [1.165, 1.54) is 19.1 Å².